The van der Waals surface area contributed by atoms with E-state index in [-0.39, 0.29) is 0 Å². The summed E-state index contributed by atoms with van der Waals surface area (Å²) >= 11 is 2.63. The lowest BCUT2D eigenvalue weighted by Crippen LogP contribution is -2.19. The molecule has 0 N–H and O–H groups in total. The summed E-state index contributed by atoms with van der Waals surface area (Å²) in [5, 5.41) is 0. The Kier molecular flexibility index (Phi) is 3.52. The van der Waals surface area contributed by atoms with Crippen LogP contribution >= 0.6 is 22.6 Å². The molecule has 4 atom stereocenters. The lowest BCUT2D eigenvalue weighted by atomic mass is 9.99. The summed E-state index contributed by atoms with van der Waals surface area (Å²) in [5.74, 6) is 0.891. The van der Waals surface area contributed by atoms with Crippen molar-refractivity contribution in [3.05, 3.63) is 0 Å². The molecule has 1 aliphatic heterocycles. The summed E-state index contributed by atoms with van der Waals surface area (Å²) in [6.45, 7) is 2.26. The molecular weight excluding hydrogens is 275 g/mol. The molecule has 2 aliphatic rings. The highest BCUT2D eigenvalue weighted by molar-refractivity contribution is 14.1. The first-order valence-corrected chi connectivity index (χ1v) is 6.87. The average molecular weight is 294 g/mol. The van der Waals surface area contributed by atoms with E-state index in [4.69, 9.17) is 4.74 Å². The lowest BCUT2D eigenvalue weighted by molar-refractivity contribution is 0.0372. The van der Waals surface area contributed by atoms with Crippen molar-refractivity contribution >= 4 is 22.6 Å². The Balaban J connectivity index is 1.87. The fourth-order valence-electron chi connectivity index (χ4n) is 2.70. The molecule has 0 bridgehead atoms. The molecule has 0 radical (unpaired) electrons. The molecule has 2 heteroatoms. The lowest BCUT2D eigenvalue weighted by Gasteiger charge is -2.15. The number of unbranched alkanes of at least 4 members (excludes halogenated alkanes) is 1. The third kappa shape index (κ3) is 2.04. The highest BCUT2D eigenvalue weighted by Gasteiger charge is 2.44. The van der Waals surface area contributed by atoms with Crippen molar-refractivity contribution in [2.45, 2.75) is 61.6 Å². The van der Waals surface area contributed by atoms with Crippen molar-refractivity contribution in [1.82, 2.24) is 0 Å². The van der Waals surface area contributed by atoms with Gasteiger partial charge in [-0.2, -0.15) is 0 Å². The minimum atomic E-state index is 0.579. The van der Waals surface area contributed by atoms with E-state index < -0.39 is 0 Å². The number of halogens is 1. The zero-order valence-electron chi connectivity index (χ0n) is 8.34. The second-order valence-electron chi connectivity index (χ2n) is 4.39. The van der Waals surface area contributed by atoms with Crippen molar-refractivity contribution in [2.75, 3.05) is 0 Å². The fourth-order valence-corrected chi connectivity index (χ4v) is 4.05. The second kappa shape index (κ2) is 4.47. The van der Waals surface area contributed by atoms with Gasteiger partial charge in [-0.3, -0.25) is 0 Å². The van der Waals surface area contributed by atoms with Crippen LogP contribution in [0.4, 0.5) is 0 Å². The molecule has 1 saturated carbocycles. The Labute approximate surface area is 94.8 Å². The summed E-state index contributed by atoms with van der Waals surface area (Å²) in [6, 6.07) is 0. The first-order chi connectivity index (χ1) is 6.33. The number of fused-ring (bicyclic) bond motifs is 1. The molecule has 76 valence electrons. The minimum absolute atomic E-state index is 0.579. The summed E-state index contributed by atoms with van der Waals surface area (Å²) in [4.78, 5) is 0. The van der Waals surface area contributed by atoms with Gasteiger partial charge in [-0.05, 0) is 25.2 Å². The zero-order chi connectivity index (χ0) is 9.26. The average Bonchev–Trinajstić information content (AvgIpc) is 2.67. The topological polar surface area (TPSA) is 9.23 Å². The van der Waals surface area contributed by atoms with Gasteiger partial charge in [0.05, 0.1) is 12.2 Å². The van der Waals surface area contributed by atoms with Crippen LogP contribution in [0.3, 0.4) is 0 Å². The van der Waals surface area contributed by atoms with Crippen molar-refractivity contribution in [2.24, 2.45) is 5.92 Å². The maximum Gasteiger partial charge on any atom is 0.0700 e. The number of hydrogen-bond acceptors (Lipinski definition) is 1. The van der Waals surface area contributed by atoms with Gasteiger partial charge in [0.15, 0.2) is 0 Å². The minimum Gasteiger partial charge on any atom is -0.374 e. The molecule has 1 nitrogen and oxygen atoms in total. The smallest absolute Gasteiger partial charge is 0.0700 e. The van der Waals surface area contributed by atoms with E-state index in [1.807, 2.05) is 0 Å². The van der Waals surface area contributed by atoms with E-state index in [0.717, 1.165) is 9.84 Å². The predicted molar refractivity (Wildman–Crippen MR) is 63.3 cm³/mol. The number of ether oxygens (including phenoxy) is 1. The van der Waals surface area contributed by atoms with E-state index in [2.05, 4.69) is 29.5 Å². The standard InChI is InChI=1S/C11H19IO/c1-2-3-6-10-11(12)8-5-4-7-9(8)13-10/h8-11H,2-7H2,1H3/t8-,9+,10+,11-/m0/s1. The Bertz CT molecular complexity index is 171. The van der Waals surface area contributed by atoms with Gasteiger partial charge in [-0.15, -0.1) is 0 Å². The van der Waals surface area contributed by atoms with Gasteiger partial charge in [-0.1, -0.05) is 48.8 Å². The molecule has 0 aromatic rings. The Hall–Kier alpha value is 0.690. The van der Waals surface area contributed by atoms with Crippen LogP contribution in [0.15, 0.2) is 0 Å². The quantitative estimate of drug-likeness (QED) is 0.571. The number of rotatable bonds is 3. The first-order valence-electron chi connectivity index (χ1n) is 5.62. The summed E-state index contributed by atoms with van der Waals surface area (Å²) in [6.07, 6.45) is 9.28. The summed E-state index contributed by atoms with van der Waals surface area (Å²) in [7, 11) is 0. The van der Waals surface area contributed by atoms with Crippen LogP contribution in [-0.2, 0) is 4.74 Å². The van der Waals surface area contributed by atoms with E-state index in [0.29, 0.717) is 12.2 Å². The SMILES string of the molecule is CCCC[C@H]1O[C@@H]2CCC[C@@H]2[C@@H]1I. The normalized spacial score (nSPS) is 43.8. The third-order valence-corrected chi connectivity index (χ3v) is 5.19. The van der Waals surface area contributed by atoms with Gasteiger partial charge < -0.3 is 4.74 Å². The molecule has 1 saturated heterocycles. The summed E-state index contributed by atoms with van der Waals surface area (Å²) in [5.41, 5.74) is 0. The molecule has 0 spiro atoms. The predicted octanol–water partition coefficient (Wildman–Crippen LogP) is 3.55. The van der Waals surface area contributed by atoms with E-state index >= 15 is 0 Å². The molecule has 0 aromatic heterocycles. The van der Waals surface area contributed by atoms with Crippen LogP contribution in [0.1, 0.15) is 45.4 Å². The van der Waals surface area contributed by atoms with Gasteiger partial charge in [0, 0.05) is 3.92 Å². The largest absolute Gasteiger partial charge is 0.374 e. The molecular formula is C11H19IO. The van der Waals surface area contributed by atoms with Crippen LogP contribution in [0.5, 0.6) is 0 Å². The molecule has 0 unspecified atom stereocenters. The van der Waals surface area contributed by atoms with E-state index in [1.54, 1.807) is 0 Å². The molecule has 13 heavy (non-hydrogen) atoms. The van der Waals surface area contributed by atoms with Crippen molar-refractivity contribution in [3.63, 3.8) is 0 Å². The van der Waals surface area contributed by atoms with Crippen LogP contribution < -0.4 is 0 Å². The Morgan fingerprint density at radius 3 is 2.92 bits per heavy atom. The number of alkyl halides is 1. The third-order valence-electron chi connectivity index (χ3n) is 3.46. The highest BCUT2D eigenvalue weighted by Crippen LogP contribution is 2.44. The Morgan fingerprint density at radius 1 is 1.38 bits per heavy atom. The van der Waals surface area contributed by atoms with Gasteiger partial charge in [0.1, 0.15) is 0 Å². The maximum atomic E-state index is 6.09. The maximum absolute atomic E-state index is 6.09. The van der Waals surface area contributed by atoms with Gasteiger partial charge >= 0.3 is 0 Å². The van der Waals surface area contributed by atoms with E-state index in [9.17, 15) is 0 Å². The highest BCUT2D eigenvalue weighted by atomic mass is 127. The summed E-state index contributed by atoms with van der Waals surface area (Å²) < 4.78 is 6.89. The molecule has 1 aliphatic carbocycles. The van der Waals surface area contributed by atoms with Crippen LogP contribution in [0.25, 0.3) is 0 Å². The van der Waals surface area contributed by atoms with Gasteiger partial charge in [0.25, 0.3) is 0 Å². The van der Waals surface area contributed by atoms with Crippen LogP contribution in [0.2, 0.25) is 0 Å². The van der Waals surface area contributed by atoms with Crippen LogP contribution in [0, 0.1) is 5.92 Å². The van der Waals surface area contributed by atoms with Gasteiger partial charge in [0.2, 0.25) is 0 Å². The molecule has 2 fully saturated rings. The molecule has 0 amide bonds. The van der Waals surface area contributed by atoms with Crippen molar-refractivity contribution < 1.29 is 4.74 Å². The molecule has 0 aromatic carbocycles. The second-order valence-corrected chi connectivity index (χ2v) is 5.83. The fraction of sp³-hybridized carbons (Fsp3) is 1.00. The van der Waals surface area contributed by atoms with Crippen molar-refractivity contribution in [3.8, 4) is 0 Å². The molecule has 2 rings (SSSR count). The number of hydrogen-bond donors (Lipinski definition) is 0. The monoisotopic (exact) mass is 294 g/mol. The molecule has 1 heterocycles. The van der Waals surface area contributed by atoms with Crippen molar-refractivity contribution in [1.29, 1.82) is 0 Å². The Morgan fingerprint density at radius 2 is 2.23 bits per heavy atom. The first kappa shape index (κ1) is 10.2. The zero-order valence-corrected chi connectivity index (χ0v) is 10.5. The van der Waals surface area contributed by atoms with Crippen LogP contribution in [-0.4, -0.2) is 16.1 Å². The van der Waals surface area contributed by atoms with Gasteiger partial charge in [-0.25, -0.2) is 0 Å². The van der Waals surface area contributed by atoms with E-state index in [1.165, 1.54) is 38.5 Å².